The van der Waals surface area contributed by atoms with Gasteiger partial charge in [-0.05, 0) is 43.7 Å². The van der Waals surface area contributed by atoms with Gasteiger partial charge in [0.25, 0.3) is 0 Å². The van der Waals surface area contributed by atoms with Gasteiger partial charge in [-0.2, -0.15) is 0 Å². The van der Waals surface area contributed by atoms with Crippen LogP contribution >= 0.6 is 0 Å². The molecule has 0 fully saturated rings. The summed E-state index contributed by atoms with van der Waals surface area (Å²) in [6.45, 7) is 3.64. The lowest BCUT2D eigenvalue weighted by Crippen LogP contribution is -2.11. The normalized spacial score (nSPS) is 12.6. The lowest BCUT2D eigenvalue weighted by Gasteiger charge is -2.09. The molecular formula is C19H19N5O2. The zero-order valence-electron chi connectivity index (χ0n) is 14.8. The Labute approximate surface area is 149 Å². The molecule has 132 valence electrons. The van der Waals surface area contributed by atoms with Gasteiger partial charge in [0.15, 0.2) is 11.6 Å². The number of rotatable bonds is 3. The predicted molar refractivity (Wildman–Crippen MR) is 99.3 cm³/mol. The summed E-state index contributed by atoms with van der Waals surface area (Å²) < 4.78 is 3.30. The van der Waals surface area contributed by atoms with Crippen LogP contribution in [0.2, 0.25) is 0 Å². The molecule has 0 aliphatic heterocycles. The van der Waals surface area contributed by atoms with Gasteiger partial charge in [-0.3, -0.25) is 4.57 Å². The number of imidazole rings is 1. The maximum absolute atomic E-state index is 11.9. The third kappa shape index (κ3) is 2.53. The minimum atomic E-state index is -0.778. The van der Waals surface area contributed by atoms with Crippen LogP contribution in [0.15, 0.2) is 47.3 Å². The molecule has 0 aliphatic rings. The Morgan fingerprint density at radius 2 is 1.96 bits per heavy atom. The highest BCUT2D eigenvalue weighted by molar-refractivity contribution is 5.81. The molecule has 0 saturated heterocycles. The molecule has 26 heavy (non-hydrogen) atoms. The Morgan fingerprint density at radius 3 is 2.69 bits per heavy atom. The Balaban J connectivity index is 1.97. The molecule has 2 aromatic carbocycles. The number of aromatic amines is 1. The average molecular weight is 349 g/mol. The number of para-hydroxylation sites is 1. The third-order valence-corrected chi connectivity index (χ3v) is 4.50. The molecule has 0 radical (unpaired) electrons. The van der Waals surface area contributed by atoms with Crippen molar-refractivity contribution in [1.29, 1.82) is 0 Å². The second kappa shape index (κ2) is 5.96. The zero-order chi connectivity index (χ0) is 18.4. The van der Waals surface area contributed by atoms with Gasteiger partial charge in [-0.25, -0.2) is 14.5 Å². The summed E-state index contributed by atoms with van der Waals surface area (Å²) in [7, 11) is 1.72. The molecule has 1 unspecified atom stereocenters. The molecular weight excluding hydrogens is 330 g/mol. The number of fused-ring (bicyclic) bond motifs is 1. The molecule has 2 heterocycles. The maximum atomic E-state index is 11.9. The van der Waals surface area contributed by atoms with Crippen molar-refractivity contribution in [3.63, 3.8) is 0 Å². The summed E-state index contributed by atoms with van der Waals surface area (Å²) in [5.41, 5.74) is 4.14. The summed E-state index contributed by atoms with van der Waals surface area (Å²) in [5.74, 6) is 0.969. The van der Waals surface area contributed by atoms with Gasteiger partial charge in [-0.1, -0.05) is 18.2 Å². The van der Waals surface area contributed by atoms with Crippen LogP contribution in [0.25, 0.3) is 28.1 Å². The number of hydrogen-bond acceptors (Lipinski definition) is 4. The Bertz CT molecular complexity index is 1170. The molecule has 1 atom stereocenters. The second-order valence-corrected chi connectivity index (χ2v) is 6.39. The average Bonchev–Trinajstić information content (AvgIpc) is 3.18. The number of H-pyrrole nitrogens is 1. The monoisotopic (exact) mass is 349 g/mol. The predicted octanol–water partition coefficient (Wildman–Crippen LogP) is 2.48. The van der Waals surface area contributed by atoms with Crippen molar-refractivity contribution in [2.75, 3.05) is 0 Å². The van der Waals surface area contributed by atoms with Crippen LogP contribution in [0.4, 0.5) is 0 Å². The van der Waals surface area contributed by atoms with Crippen molar-refractivity contribution in [1.82, 2.24) is 24.3 Å². The third-order valence-electron chi connectivity index (χ3n) is 4.50. The van der Waals surface area contributed by atoms with E-state index in [1.165, 1.54) is 0 Å². The van der Waals surface area contributed by atoms with E-state index in [-0.39, 0.29) is 5.69 Å². The van der Waals surface area contributed by atoms with Crippen LogP contribution in [0.3, 0.4) is 0 Å². The maximum Gasteiger partial charge on any atom is 0.326 e. The molecule has 0 bridgehead atoms. The standard InChI is InChI=1S/C19H19N5O2/c1-11-6-4-5-7-15(11)24-18(21-17(22-24)12(2)25)13-8-9-14-16(10-13)23(3)19(26)20-14/h4-10,12,25H,1-3H3,(H,20,26). The van der Waals surface area contributed by atoms with Crippen LogP contribution in [-0.4, -0.2) is 29.4 Å². The van der Waals surface area contributed by atoms with E-state index in [0.29, 0.717) is 11.6 Å². The van der Waals surface area contributed by atoms with Gasteiger partial charge in [0, 0.05) is 12.6 Å². The van der Waals surface area contributed by atoms with Crippen LogP contribution < -0.4 is 5.69 Å². The molecule has 2 aromatic heterocycles. The highest BCUT2D eigenvalue weighted by atomic mass is 16.3. The van der Waals surface area contributed by atoms with E-state index in [9.17, 15) is 9.90 Å². The number of aromatic nitrogens is 5. The lowest BCUT2D eigenvalue weighted by molar-refractivity contribution is 0.189. The molecule has 0 aliphatic carbocycles. The minimum absolute atomic E-state index is 0.165. The van der Waals surface area contributed by atoms with Crippen molar-refractivity contribution >= 4 is 11.0 Å². The molecule has 7 nitrogen and oxygen atoms in total. The smallest absolute Gasteiger partial charge is 0.326 e. The van der Waals surface area contributed by atoms with Gasteiger partial charge >= 0.3 is 5.69 Å². The summed E-state index contributed by atoms with van der Waals surface area (Å²) in [6, 6.07) is 13.5. The Hall–Kier alpha value is -3.19. The molecule has 4 aromatic rings. The molecule has 0 amide bonds. The van der Waals surface area contributed by atoms with Crippen LogP contribution in [0.5, 0.6) is 0 Å². The van der Waals surface area contributed by atoms with Crippen LogP contribution in [-0.2, 0) is 7.05 Å². The van der Waals surface area contributed by atoms with Crippen LogP contribution in [0.1, 0.15) is 24.4 Å². The van der Waals surface area contributed by atoms with Crippen LogP contribution in [0, 0.1) is 6.92 Å². The van der Waals surface area contributed by atoms with Gasteiger partial charge < -0.3 is 10.1 Å². The summed E-state index contributed by atoms with van der Waals surface area (Å²) in [6.07, 6.45) is -0.778. The van der Waals surface area contributed by atoms with Gasteiger partial charge in [0.2, 0.25) is 0 Å². The first-order chi connectivity index (χ1) is 12.5. The quantitative estimate of drug-likeness (QED) is 0.595. The summed E-state index contributed by atoms with van der Waals surface area (Å²) in [4.78, 5) is 19.2. The number of nitrogens with one attached hydrogen (secondary N) is 1. The van der Waals surface area contributed by atoms with Crippen molar-refractivity contribution in [3.8, 4) is 17.1 Å². The summed E-state index contributed by atoms with van der Waals surface area (Å²) >= 11 is 0. The topological polar surface area (TPSA) is 88.7 Å². The van der Waals surface area contributed by atoms with E-state index in [1.807, 2.05) is 49.4 Å². The largest absolute Gasteiger partial charge is 0.385 e. The van der Waals surface area contributed by atoms with Crippen molar-refractivity contribution in [2.24, 2.45) is 7.05 Å². The molecule has 0 spiro atoms. The van der Waals surface area contributed by atoms with E-state index in [2.05, 4.69) is 15.1 Å². The van der Waals surface area contributed by atoms with E-state index >= 15 is 0 Å². The lowest BCUT2D eigenvalue weighted by atomic mass is 10.1. The number of aliphatic hydroxyl groups is 1. The highest BCUT2D eigenvalue weighted by Crippen LogP contribution is 2.26. The first-order valence-corrected chi connectivity index (χ1v) is 8.36. The fourth-order valence-electron chi connectivity index (χ4n) is 3.02. The van der Waals surface area contributed by atoms with Crippen molar-refractivity contribution in [3.05, 3.63) is 64.3 Å². The number of hydrogen-bond donors (Lipinski definition) is 2. The number of aliphatic hydroxyl groups excluding tert-OH is 1. The van der Waals surface area contributed by atoms with E-state index in [1.54, 1.807) is 23.2 Å². The minimum Gasteiger partial charge on any atom is -0.385 e. The van der Waals surface area contributed by atoms with Gasteiger partial charge in [0.05, 0.1) is 16.7 Å². The Kier molecular flexibility index (Phi) is 3.73. The molecule has 2 N–H and O–H groups in total. The zero-order valence-corrected chi connectivity index (χ0v) is 14.8. The van der Waals surface area contributed by atoms with E-state index in [0.717, 1.165) is 27.8 Å². The SMILES string of the molecule is Cc1ccccc1-n1nc(C(C)O)nc1-c1ccc2[nH]c(=O)n(C)c2c1. The van der Waals surface area contributed by atoms with Crippen molar-refractivity contribution in [2.45, 2.75) is 20.0 Å². The first kappa shape index (κ1) is 16.3. The molecule has 7 heteroatoms. The van der Waals surface area contributed by atoms with E-state index in [4.69, 9.17) is 0 Å². The molecule has 4 rings (SSSR count). The Morgan fingerprint density at radius 1 is 1.19 bits per heavy atom. The number of aryl methyl sites for hydroxylation is 2. The first-order valence-electron chi connectivity index (χ1n) is 8.36. The fourth-order valence-corrected chi connectivity index (χ4v) is 3.02. The molecule has 0 saturated carbocycles. The number of nitrogens with zero attached hydrogens (tertiary/aromatic N) is 4. The summed E-state index contributed by atoms with van der Waals surface area (Å²) in [5, 5.41) is 14.5. The fraction of sp³-hybridized carbons (Fsp3) is 0.211. The van der Waals surface area contributed by atoms with Gasteiger partial charge in [0.1, 0.15) is 6.10 Å². The number of benzene rings is 2. The van der Waals surface area contributed by atoms with Gasteiger partial charge in [-0.15, -0.1) is 5.10 Å². The van der Waals surface area contributed by atoms with E-state index < -0.39 is 6.10 Å². The van der Waals surface area contributed by atoms with Crippen molar-refractivity contribution < 1.29 is 5.11 Å². The highest BCUT2D eigenvalue weighted by Gasteiger charge is 2.18. The second-order valence-electron chi connectivity index (χ2n) is 6.39.